The third-order valence-electron chi connectivity index (χ3n) is 3.64. The Morgan fingerprint density at radius 1 is 1.25 bits per heavy atom. The molecule has 104 valence electrons. The van der Waals surface area contributed by atoms with Crippen LogP contribution in [0, 0.1) is 24.2 Å². The van der Waals surface area contributed by atoms with E-state index in [1.807, 2.05) is 20.8 Å². The predicted octanol–water partition coefficient (Wildman–Crippen LogP) is 4.21. The number of nitriles is 1. The molecule has 0 fully saturated rings. The Kier molecular flexibility index (Phi) is 4.24. The summed E-state index contributed by atoms with van der Waals surface area (Å²) in [7, 11) is 0. The van der Waals surface area contributed by atoms with Crippen LogP contribution in [-0.2, 0) is 6.42 Å². The number of imidazole rings is 1. The summed E-state index contributed by atoms with van der Waals surface area (Å²) in [5.74, 6) is 0.841. The predicted molar refractivity (Wildman–Crippen MR) is 81.3 cm³/mol. The zero-order valence-electron chi connectivity index (χ0n) is 12.6. The number of hydrogen-bond donors (Lipinski definition) is 1. The smallest absolute Gasteiger partial charge is 0.124 e. The zero-order chi connectivity index (χ0) is 14.7. The van der Waals surface area contributed by atoms with Gasteiger partial charge in [-0.05, 0) is 24.8 Å². The number of nitrogens with one attached hydrogen (secondary N) is 1. The molecule has 0 amide bonds. The molecule has 0 radical (unpaired) electrons. The molecular weight excluding hydrogens is 246 g/mol. The van der Waals surface area contributed by atoms with Crippen molar-refractivity contribution in [3.63, 3.8) is 0 Å². The Bertz CT molecular complexity index is 615. The van der Waals surface area contributed by atoms with Crippen molar-refractivity contribution in [2.75, 3.05) is 0 Å². The van der Waals surface area contributed by atoms with Crippen molar-refractivity contribution >= 4 is 0 Å². The second-order valence-corrected chi connectivity index (χ2v) is 5.50. The minimum atomic E-state index is -0.183. The van der Waals surface area contributed by atoms with E-state index in [0.717, 1.165) is 29.2 Å². The molecule has 1 aromatic carbocycles. The first-order chi connectivity index (χ1) is 9.56. The van der Waals surface area contributed by atoms with Crippen molar-refractivity contribution in [1.29, 1.82) is 5.26 Å². The Morgan fingerprint density at radius 3 is 2.40 bits per heavy atom. The monoisotopic (exact) mass is 267 g/mol. The van der Waals surface area contributed by atoms with Crippen molar-refractivity contribution in [1.82, 2.24) is 9.97 Å². The molecule has 0 spiro atoms. The number of benzene rings is 1. The molecule has 3 nitrogen and oxygen atoms in total. The van der Waals surface area contributed by atoms with Gasteiger partial charge >= 0.3 is 0 Å². The van der Waals surface area contributed by atoms with Crippen molar-refractivity contribution in [3.8, 4) is 17.3 Å². The van der Waals surface area contributed by atoms with Crippen LogP contribution in [0.3, 0.4) is 0 Å². The van der Waals surface area contributed by atoms with E-state index in [2.05, 4.69) is 47.2 Å². The third-order valence-corrected chi connectivity index (χ3v) is 3.64. The van der Waals surface area contributed by atoms with E-state index in [-0.39, 0.29) is 11.8 Å². The standard InChI is InChI=1S/C17H21N3/c1-5-13-6-8-14(9-7-13)16-12(4)19-17(20-16)15(10-18)11(2)3/h6-9,11,15H,5H2,1-4H3,(H,19,20). The maximum absolute atomic E-state index is 9.28. The van der Waals surface area contributed by atoms with E-state index in [1.165, 1.54) is 5.56 Å². The number of aromatic nitrogens is 2. The second-order valence-electron chi connectivity index (χ2n) is 5.50. The molecule has 1 N–H and O–H groups in total. The van der Waals surface area contributed by atoms with Crippen LogP contribution in [0.4, 0.5) is 0 Å². The molecule has 0 saturated carbocycles. The van der Waals surface area contributed by atoms with E-state index in [0.29, 0.717) is 0 Å². The lowest BCUT2D eigenvalue weighted by atomic mass is 9.97. The molecule has 0 aliphatic rings. The molecule has 20 heavy (non-hydrogen) atoms. The summed E-state index contributed by atoms with van der Waals surface area (Å²) in [5.41, 5.74) is 4.38. The highest BCUT2D eigenvalue weighted by Crippen LogP contribution is 2.27. The van der Waals surface area contributed by atoms with Gasteiger partial charge in [0.25, 0.3) is 0 Å². The lowest BCUT2D eigenvalue weighted by molar-refractivity contribution is 0.565. The van der Waals surface area contributed by atoms with Crippen molar-refractivity contribution < 1.29 is 0 Å². The van der Waals surface area contributed by atoms with E-state index < -0.39 is 0 Å². The molecular formula is C17H21N3. The fraction of sp³-hybridized carbons (Fsp3) is 0.412. The minimum Gasteiger partial charge on any atom is -0.344 e. The summed E-state index contributed by atoms with van der Waals surface area (Å²) in [4.78, 5) is 7.92. The van der Waals surface area contributed by atoms with Crippen LogP contribution in [0.2, 0.25) is 0 Å². The average molecular weight is 267 g/mol. The van der Waals surface area contributed by atoms with Crippen LogP contribution in [0.25, 0.3) is 11.3 Å². The Balaban J connectivity index is 2.38. The van der Waals surface area contributed by atoms with Gasteiger partial charge in [0, 0.05) is 11.3 Å². The van der Waals surface area contributed by atoms with Crippen LogP contribution in [0.15, 0.2) is 24.3 Å². The average Bonchev–Trinajstić information content (AvgIpc) is 2.81. The van der Waals surface area contributed by atoms with Crippen molar-refractivity contribution in [2.45, 2.75) is 40.0 Å². The number of aromatic amines is 1. The number of rotatable bonds is 4. The van der Waals surface area contributed by atoms with Gasteiger partial charge in [-0.3, -0.25) is 0 Å². The molecule has 0 aliphatic carbocycles. The maximum atomic E-state index is 9.28. The Labute approximate surface area is 120 Å². The normalized spacial score (nSPS) is 12.4. The topological polar surface area (TPSA) is 52.5 Å². The van der Waals surface area contributed by atoms with Gasteiger partial charge < -0.3 is 4.98 Å². The van der Waals surface area contributed by atoms with Crippen LogP contribution >= 0.6 is 0 Å². The largest absolute Gasteiger partial charge is 0.344 e. The summed E-state index contributed by atoms with van der Waals surface area (Å²) >= 11 is 0. The van der Waals surface area contributed by atoms with Crippen LogP contribution in [-0.4, -0.2) is 9.97 Å². The molecule has 1 aromatic heterocycles. The quantitative estimate of drug-likeness (QED) is 0.902. The van der Waals surface area contributed by atoms with Gasteiger partial charge in [-0.2, -0.15) is 5.26 Å². The molecule has 1 unspecified atom stereocenters. The zero-order valence-corrected chi connectivity index (χ0v) is 12.6. The SMILES string of the molecule is CCc1ccc(-c2nc(C(C#N)C(C)C)[nH]c2C)cc1. The Hall–Kier alpha value is -2.08. The summed E-state index contributed by atoms with van der Waals surface area (Å²) in [6, 6.07) is 10.8. The van der Waals surface area contributed by atoms with Gasteiger partial charge in [0.1, 0.15) is 11.7 Å². The van der Waals surface area contributed by atoms with Gasteiger partial charge in [-0.1, -0.05) is 45.0 Å². The summed E-state index contributed by atoms with van der Waals surface area (Å²) in [5, 5.41) is 9.28. The van der Waals surface area contributed by atoms with E-state index in [1.54, 1.807) is 0 Å². The first kappa shape index (κ1) is 14.3. The van der Waals surface area contributed by atoms with E-state index >= 15 is 0 Å². The van der Waals surface area contributed by atoms with Gasteiger partial charge in [0.15, 0.2) is 0 Å². The first-order valence-corrected chi connectivity index (χ1v) is 7.12. The summed E-state index contributed by atoms with van der Waals surface area (Å²) in [6.07, 6.45) is 1.04. The van der Waals surface area contributed by atoms with Gasteiger partial charge in [-0.15, -0.1) is 0 Å². The molecule has 0 saturated heterocycles. The van der Waals surface area contributed by atoms with Gasteiger partial charge in [-0.25, -0.2) is 4.98 Å². The van der Waals surface area contributed by atoms with E-state index in [4.69, 9.17) is 0 Å². The van der Waals surface area contributed by atoms with Crippen LogP contribution < -0.4 is 0 Å². The molecule has 2 aromatic rings. The number of hydrogen-bond acceptors (Lipinski definition) is 2. The third kappa shape index (κ3) is 2.75. The molecule has 0 bridgehead atoms. The molecule has 3 heteroatoms. The van der Waals surface area contributed by atoms with Gasteiger partial charge in [0.05, 0.1) is 11.8 Å². The van der Waals surface area contributed by atoms with Crippen LogP contribution in [0.5, 0.6) is 0 Å². The van der Waals surface area contributed by atoms with Crippen molar-refractivity contribution in [2.24, 2.45) is 5.92 Å². The summed E-state index contributed by atoms with van der Waals surface area (Å²) < 4.78 is 0. The fourth-order valence-corrected chi connectivity index (χ4v) is 2.34. The first-order valence-electron chi connectivity index (χ1n) is 7.12. The molecule has 2 rings (SSSR count). The Morgan fingerprint density at radius 2 is 1.90 bits per heavy atom. The highest BCUT2D eigenvalue weighted by Gasteiger charge is 2.20. The molecule has 1 atom stereocenters. The number of H-pyrrole nitrogens is 1. The van der Waals surface area contributed by atoms with Crippen LogP contribution in [0.1, 0.15) is 43.8 Å². The lowest BCUT2D eigenvalue weighted by Crippen LogP contribution is -2.06. The molecule has 1 heterocycles. The fourth-order valence-electron chi connectivity index (χ4n) is 2.34. The maximum Gasteiger partial charge on any atom is 0.124 e. The highest BCUT2D eigenvalue weighted by molar-refractivity contribution is 5.62. The van der Waals surface area contributed by atoms with Gasteiger partial charge in [0.2, 0.25) is 0 Å². The number of aryl methyl sites for hydroxylation is 2. The summed E-state index contributed by atoms with van der Waals surface area (Å²) in [6.45, 7) is 8.24. The van der Waals surface area contributed by atoms with E-state index in [9.17, 15) is 5.26 Å². The number of nitrogens with zero attached hydrogens (tertiary/aromatic N) is 2. The second kappa shape index (κ2) is 5.92. The lowest BCUT2D eigenvalue weighted by Gasteiger charge is -2.08. The minimum absolute atomic E-state index is 0.183. The highest BCUT2D eigenvalue weighted by atomic mass is 14.9. The van der Waals surface area contributed by atoms with Crippen molar-refractivity contribution in [3.05, 3.63) is 41.3 Å². The molecule has 0 aliphatic heterocycles.